The molecule has 0 N–H and O–H groups in total. The Kier molecular flexibility index (Phi) is 4.69. The average Bonchev–Trinajstić information content (AvgIpc) is 1.99. The SMILES string of the molecule is C=CC=C(C(C)=O)C(=O)OCC. The van der Waals surface area contributed by atoms with E-state index in [1.165, 1.54) is 19.1 Å². The van der Waals surface area contributed by atoms with Gasteiger partial charge in [0.25, 0.3) is 0 Å². The van der Waals surface area contributed by atoms with Crippen molar-refractivity contribution in [2.24, 2.45) is 0 Å². The minimum Gasteiger partial charge on any atom is -0.462 e. The van der Waals surface area contributed by atoms with E-state index in [4.69, 9.17) is 0 Å². The molecule has 0 heterocycles. The Balaban J connectivity index is 4.52. The van der Waals surface area contributed by atoms with E-state index in [-0.39, 0.29) is 18.0 Å². The molecule has 0 aromatic rings. The summed E-state index contributed by atoms with van der Waals surface area (Å²) in [6.07, 6.45) is 2.73. The molecule has 66 valence electrons. The van der Waals surface area contributed by atoms with Gasteiger partial charge in [-0.1, -0.05) is 12.7 Å². The number of hydrogen-bond donors (Lipinski definition) is 0. The van der Waals surface area contributed by atoms with Gasteiger partial charge in [-0.25, -0.2) is 4.79 Å². The topological polar surface area (TPSA) is 43.4 Å². The molecule has 0 aliphatic carbocycles. The van der Waals surface area contributed by atoms with Crippen LogP contribution in [0.15, 0.2) is 24.3 Å². The Bertz CT molecular complexity index is 226. The van der Waals surface area contributed by atoms with Crippen molar-refractivity contribution >= 4 is 11.8 Å². The van der Waals surface area contributed by atoms with Crippen molar-refractivity contribution in [3.05, 3.63) is 24.3 Å². The zero-order valence-electron chi connectivity index (χ0n) is 7.29. The van der Waals surface area contributed by atoms with Crippen molar-refractivity contribution in [3.8, 4) is 0 Å². The molecule has 0 aliphatic rings. The van der Waals surface area contributed by atoms with Crippen LogP contribution in [0.5, 0.6) is 0 Å². The first kappa shape index (κ1) is 10.6. The number of esters is 1. The van der Waals surface area contributed by atoms with Crippen molar-refractivity contribution < 1.29 is 14.3 Å². The van der Waals surface area contributed by atoms with Gasteiger partial charge in [-0.3, -0.25) is 4.79 Å². The number of allylic oxidation sites excluding steroid dienone is 2. The lowest BCUT2D eigenvalue weighted by atomic mass is 10.2. The van der Waals surface area contributed by atoms with Crippen LogP contribution in [-0.2, 0) is 14.3 Å². The molecule has 0 rings (SSSR count). The average molecular weight is 168 g/mol. The van der Waals surface area contributed by atoms with Gasteiger partial charge < -0.3 is 4.74 Å². The lowest BCUT2D eigenvalue weighted by molar-refractivity contribution is -0.139. The molecule has 3 heteroatoms. The highest BCUT2D eigenvalue weighted by molar-refractivity contribution is 6.16. The minimum atomic E-state index is -0.593. The predicted molar refractivity (Wildman–Crippen MR) is 45.6 cm³/mol. The normalized spacial score (nSPS) is 10.7. The highest BCUT2D eigenvalue weighted by Gasteiger charge is 2.13. The van der Waals surface area contributed by atoms with Crippen LogP contribution in [0.4, 0.5) is 0 Å². The van der Waals surface area contributed by atoms with Crippen molar-refractivity contribution in [2.75, 3.05) is 6.61 Å². The molecule has 0 bridgehead atoms. The van der Waals surface area contributed by atoms with Crippen molar-refractivity contribution in [2.45, 2.75) is 13.8 Å². The summed E-state index contributed by atoms with van der Waals surface area (Å²) in [5, 5.41) is 0. The van der Waals surface area contributed by atoms with Gasteiger partial charge in [-0.2, -0.15) is 0 Å². The van der Waals surface area contributed by atoms with Crippen molar-refractivity contribution in [1.29, 1.82) is 0 Å². The highest BCUT2D eigenvalue weighted by Crippen LogP contribution is 1.99. The molecule has 12 heavy (non-hydrogen) atoms. The summed E-state index contributed by atoms with van der Waals surface area (Å²) < 4.78 is 4.64. The zero-order valence-corrected chi connectivity index (χ0v) is 7.29. The second-order valence-electron chi connectivity index (χ2n) is 2.09. The fourth-order valence-electron chi connectivity index (χ4n) is 0.656. The van der Waals surface area contributed by atoms with Crippen LogP contribution >= 0.6 is 0 Å². The van der Waals surface area contributed by atoms with Gasteiger partial charge in [0.05, 0.1) is 6.61 Å². The third kappa shape index (κ3) is 3.14. The molecule has 0 fully saturated rings. The largest absolute Gasteiger partial charge is 0.462 e. The fraction of sp³-hybridized carbons (Fsp3) is 0.333. The number of rotatable bonds is 4. The van der Waals surface area contributed by atoms with E-state index in [2.05, 4.69) is 11.3 Å². The Morgan fingerprint density at radius 2 is 2.08 bits per heavy atom. The summed E-state index contributed by atoms with van der Waals surface area (Å²) >= 11 is 0. The number of hydrogen-bond acceptors (Lipinski definition) is 3. The molecule has 0 radical (unpaired) electrons. The molecule has 0 saturated heterocycles. The maximum absolute atomic E-state index is 11.0. The van der Waals surface area contributed by atoms with Crippen LogP contribution in [-0.4, -0.2) is 18.4 Å². The van der Waals surface area contributed by atoms with E-state index >= 15 is 0 Å². The molecule has 0 aliphatic heterocycles. The van der Waals surface area contributed by atoms with Crippen LogP contribution in [0.1, 0.15) is 13.8 Å². The van der Waals surface area contributed by atoms with E-state index in [0.717, 1.165) is 0 Å². The maximum atomic E-state index is 11.0. The van der Waals surface area contributed by atoms with Gasteiger partial charge in [0, 0.05) is 0 Å². The summed E-state index contributed by atoms with van der Waals surface area (Å²) in [7, 11) is 0. The third-order valence-corrected chi connectivity index (χ3v) is 1.16. The second kappa shape index (κ2) is 5.29. The Morgan fingerprint density at radius 1 is 1.50 bits per heavy atom. The number of carbonyl (C=O) groups excluding carboxylic acids is 2. The molecular formula is C9H12O3. The number of carbonyl (C=O) groups is 2. The van der Waals surface area contributed by atoms with Crippen molar-refractivity contribution in [3.63, 3.8) is 0 Å². The summed E-state index contributed by atoms with van der Waals surface area (Å²) in [4.78, 5) is 21.8. The lowest BCUT2D eigenvalue weighted by Gasteiger charge is -2.01. The van der Waals surface area contributed by atoms with Gasteiger partial charge in [0.2, 0.25) is 0 Å². The number of ether oxygens (including phenoxy) is 1. The van der Waals surface area contributed by atoms with Crippen LogP contribution in [0, 0.1) is 0 Å². The van der Waals surface area contributed by atoms with Crippen molar-refractivity contribution in [1.82, 2.24) is 0 Å². The summed E-state index contributed by atoms with van der Waals surface area (Å²) in [5.41, 5.74) is 0.0341. The maximum Gasteiger partial charge on any atom is 0.341 e. The summed E-state index contributed by atoms with van der Waals surface area (Å²) in [6, 6.07) is 0. The summed E-state index contributed by atoms with van der Waals surface area (Å²) in [6.45, 7) is 6.65. The van der Waals surface area contributed by atoms with Crippen LogP contribution in [0.3, 0.4) is 0 Å². The van der Waals surface area contributed by atoms with Gasteiger partial charge in [0.1, 0.15) is 5.57 Å². The summed E-state index contributed by atoms with van der Waals surface area (Å²) in [5.74, 6) is -0.904. The number of ketones is 1. The third-order valence-electron chi connectivity index (χ3n) is 1.16. The fourth-order valence-corrected chi connectivity index (χ4v) is 0.656. The first-order valence-corrected chi connectivity index (χ1v) is 3.64. The van der Waals surface area contributed by atoms with E-state index < -0.39 is 5.97 Å². The van der Waals surface area contributed by atoms with Gasteiger partial charge in [-0.15, -0.1) is 0 Å². The molecule has 0 amide bonds. The molecule has 0 aromatic carbocycles. The molecule has 0 atom stereocenters. The first-order valence-electron chi connectivity index (χ1n) is 3.64. The zero-order chi connectivity index (χ0) is 9.56. The van der Waals surface area contributed by atoms with Crippen LogP contribution in [0.2, 0.25) is 0 Å². The first-order chi connectivity index (χ1) is 5.63. The van der Waals surface area contributed by atoms with Gasteiger partial charge >= 0.3 is 5.97 Å². The smallest absolute Gasteiger partial charge is 0.341 e. The van der Waals surface area contributed by atoms with E-state index in [0.29, 0.717) is 0 Å². The standard InChI is InChI=1S/C9H12O3/c1-4-6-8(7(3)10)9(11)12-5-2/h4,6H,1,5H2,2-3H3. The van der Waals surface area contributed by atoms with Crippen LogP contribution < -0.4 is 0 Å². The molecule has 0 saturated carbocycles. The van der Waals surface area contributed by atoms with E-state index in [9.17, 15) is 9.59 Å². The minimum absolute atomic E-state index is 0.0341. The Morgan fingerprint density at radius 3 is 2.42 bits per heavy atom. The molecule has 0 aromatic heterocycles. The van der Waals surface area contributed by atoms with E-state index in [1.807, 2.05) is 0 Å². The van der Waals surface area contributed by atoms with Gasteiger partial charge in [0.15, 0.2) is 5.78 Å². The Labute approximate surface area is 71.7 Å². The molecule has 3 nitrogen and oxygen atoms in total. The highest BCUT2D eigenvalue weighted by atomic mass is 16.5. The predicted octanol–water partition coefficient (Wildman–Crippen LogP) is 1.25. The molecule has 0 spiro atoms. The van der Waals surface area contributed by atoms with Crippen LogP contribution in [0.25, 0.3) is 0 Å². The monoisotopic (exact) mass is 168 g/mol. The van der Waals surface area contributed by atoms with E-state index in [1.54, 1.807) is 6.92 Å². The molecular weight excluding hydrogens is 156 g/mol. The lowest BCUT2D eigenvalue weighted by Crippen LogP contribution is -2.13. The molecule has 0 unspecified atom stereocenters. The second-order valence-corrected chi connectivity index (χ2v) is 2.09. The van der Waals surface area contributed by atoms with Gasteiger partial charge in [-0.05, 0) is 19.9 Å². The number of Topliss-reactive ketones (excluding diaryl/α,β-unsaturated/α-hetero) is 1. The quantitative estimate of drug-likeness (QED) is 0.208. The Hall–Kier alpha value is -1.38.